The highest BCUT2D eigenvalue weighted by Gasteiger charge is 2.17. The smallest absolute Gasteiger partial charge is 0.194 e. The molecule has 0 unspecified atom stereocenters. The number of ketones is 1. The van der Waals surface area contributed by atoms with Gasteiger partial charge in [0.2, 0.25) is 0 Å². The Labute approximate surface area is 141 Å². The molecule has 0 aromatic heterocycles. The molecule has 114 valence electrons. The molecule has 0 bridgehead atoms. The minimum absolute atomic E-state index is 0.0613. The molecule has 0 N–H and O–H groups in total. The molecule has 0 aliphatic carbocycles. The van der Waals surface area contributed by atoms with E-state index in [0.29, 0.717) is 5.56 Å². The molecule has 0 saturated carbocycles. The van der Waals surface area contributed by atoms with Gasteiger partial charge in [0.15, 0.2) is 5.78 Å². The van der Waals surface area contributed by atoms with Gasteiger partial charge in [0, 0.05) is 11.1 Å². The van der Waals surface area contributed by atoms with Crippen LogP contribution in [0.15, 0.2) is 97.1 Å². The van der Waals surface area contributed by atoms with Crippen LogP contribution in [0.25, 0.3) is 21.9 Å². The first-order chi connectivity index (χ1) is 11.8. The fourth-order valence-corrected chi connectivity index (χ4v) is 3.11. The van der Waals surface area contributed by atoms with Gasteiger partial charge in [-0.2, -0.15) is 0 Å². The second-order valence-electron chi connectivity index (χ2n) is 5.77. The zero-order valence-corrected chi connectivity index (χ0v) is 13.1. The highest BCUT2D eigenvalue weighted by molar-refractivity contribution is 6.20. The van der Waals surface area contributed by atoms with Gasteiger partial charge in [0.1, 0.15) is 0 Å². The van der Waals surface area contributed by atoms with Crippen molar-refractivity contribution in [3.05, 3.63) is 108 Å². The summed E-state index contributed by atoms with van der Waals surface area (Å²) in [6.07, 6.45) is 0. The standard InChI is InChI=1S/C23H16O/c24-23(19-12-5-2-6-13-19)22-20-14-8-7-11-18(20)15-16-21(22)17-9-3-1-4-10-17/h1-16H. The molecule has 0 saturated heterocycles. The van der Waals surface area contributed by atoms with Crippen molar-refractivity contribution >= 4 is 16.6 Å². The van der Waals surface area contributed by atoms with Crippen molar-refractivity contribution in [1.82, 2.24) is 0 Å². The van der Waals surface area contributed by atoms with Crippen LogP contribution in [0.1, 0.15) is 15.9 Å². The molecular formula is C23H16O. The Balaban J connectivity index is 2.02. The second-order valence-corrected chi connectivity index (χ2v) is 5.77. The first-order valence-electron chi connectivity index (χ1n) is 8.01. The van der Waals surface area contributed by atoms with Gasteiger partial charge in [-0.1, -0.05) is 97.1 Å². The third kappa shape index (κ3) is 2.50. The molecule has 24 heavy (non-hydrogen) atoms. The summed E-state index contributed by atoms with van der Waals surface area (Å²) in [7, 11) is 0. The van der Waals surface area contributed by atoms with Gasteiger partial charge in [0.25, 0.3) is 0 Å². The summed E-state index contributed by atoms with van der Waals surface area (Å²) in [6.45, 7) is 0. The third-order valence-corrected chi connectivity index (χ3v) is 4.28. The number of carbonyl (C=O) groups excluding carboxylic acids is 1. The lowest BCUT2D eigenvalue weighted by Gasteiger charge is -2.13. The summed E-state index contributed by atoms with van der Waals surface area (Å²) < 4.78 is 0. The Kier molecular flexibility index (Phi) is 3.68. The summed E-state index contributed by atoms with van der Waals surface area (Å²) >= 11 is 0. The van der Waals surface area contributed by atoms with E-state index in [1.165, 1.54) is 0 Å². The first-order valence-corrected chi connectivity index (χ1v) is 8.01. The molecule has 4 aromatic carbocycles. The molecular weight excluding hydrogens is 292 g/mol. The van der Waals surface area contributed by atoms with E-state index in [9.17, 15) is 4.79 Å². The number of hydrogen-bond acceptors (Lipinski definition) is 1. The van der Waals surface area contributed by atoms with E-state index in [4.69, 9.17) is 0 Å². The molecule has 0 radical (unpaired) electrons. The molecule has 0 amide bonds. The molecule has 4 rings (SSSR count). The maximum Gasteiger partial charge on any atom is 0.194 e. The second kappa shape index (κ2) is 6.13. The SMILES string of the molecule is O=C(c1ccccc1)c1c(-c2ccccc2)ccc2ccccc12. The van der Waals surface area contributed by atoms with Crippen LogP contribution in [0.4, 0.5) is 0 Å². The van der Waals surface area contributed by atoms with Crippen LogP contribution in [0.3, 0.4) is 0 Å². The van der Waals surface area contributed by atoms with Crippen molar-refractivity contribution in [3.63, 3.8) is 0 Å². The Bertz CT molecular complexity index is 1000. The van der Waals surface area contributed by atoms with Crippen molar-refractivity contribution in [2.75, 3.05) is 0 Å². The van der Waals surface area contributed by atoms with Crippen LogP contribution < -0.4 is 0 Å². The molecule has 0 fully saturated rings. The fourth-order valence-electron chi connectivity index (χ4n) is 3.11. The predicted molar refractivity (Wildman–Crippen MR) is 99.3 cm³/mol. The number of rotatable bonds is 3. The fraction of sp³-hybridized carbons (Fsp3) is 0. The third-order valence-electron chi connectivity index (χ3n) is 4.28. The van der Waals surface area contributed by atoms with Crippen molar-refractivity contribution in [2.24, 2.45) is 0 Å². The summed E-state index contributed by atoms with van der Waals surface area (Å²) in [4.78, 5) is 13.3. The number of carbonyl (C=O) groups is 1. The van der Waals surface area contributed by atoms with Crippen LogP contribution >= 0.6 is 0 Å². The van der Waals surface area contributed by atoms with E-state index in [2.05, 4.69) is 6.07 Å². The summed E-state index contributed by atoms with van der Waals surface area (Å²) in [6, 6.07) is 31.8. The highest BCUT2D eigenvalue weighted by Crippen LogP contribution is 2.32. The van der Waals surface area contributed by atoms with Crippen molar-refractivity contribution < 1.29 is 4.79 Å². The lowest BCUT2D eigenvalue weighted by Crippen LogP contribution is -2.04. The molecule has 1 nitrogen and oxygen atoms in total. The average Bonchev–Trinajstić information content (AvgIpc) is 2.68. The van der Waals surface area contributed by atoms with E-state index < -0.39 is 0 Å². The van der Waals surface area contributed by atoms with Crippen LogP contribution in [-0.2, 0) is 0 Å². The molecule has 0 aliphatic heterocycles. The summed E-state index contributed by atoms with van der Waals surface area (Å²) in [5.41, 5.74) is 3.52. The van der Waals surface area contributed by atoms with Gasteiger partial charge in [-0.15, -0.1) is 0 Å². The number of hydrogen-bond donors (Lipinski definition) is 0. The zero-order chi connectivity index (χ0) is 16.4. The van der Waals surface area contributed by atoms with Crippen molar-refractivity contribution in [3.8, 4) is 11.1 Å². The van der Waals surface area contributed by atoms with E-state index in [-0.39, 0.29) is 5.78 Å². The van der Waals surface area contributed by atoms with E-state index in [0.717, 1.165) is 27.5 Å². The molecule has 0 heterocycles. The van der Waals surface area contributed by atoms with E-state index >= 15 is 0 Å². The van der Waals surface area contributed by atoms with E-state index in [1.807, 2.05) is 91.0 Å². The number of benzene rings is 4. The van der Waals surface area contributed by atoms with Crippen LogP contribution in [0, 0.1) is 0 Å². The van der Waals surface area contributed by atoms with Crippen LogP contribution in [0.5, 0.6) is 0 Å². The van der Waals surface area contributed by atoms with E-state index in [1.54, 1.807) is 0 Å². The van der Waals surface area contributed by atoms with Gasteiger partial charge >= 0.3 is 0 Å². The molecule has 0 spiro atoms. The van der Waals surface area contributed by atoms with Crippen molar-refractivity contribution in [2.45, 2.75) is 0 Å². The lowest BCUT2D eigenvalue weighted by atomic mass is 9.89. The Morgan fingerprint density at radius 3 is 1.96 bits per heavy atom. The Morgan fingerprint density at radius 1 is 0.583 bits per heavy atom. The van der Waals surface area contributed by atoms with Gasteiger partial charge in [-0.05, 0) is 21.9 Å². The Morgan fingerprint density at radius 2 is 1.21 bits per heavy atom. The topological polar surface area (TPSA) is 17.1 Å². The summed E-state index contributed by atoms with van der Waals surface area (Å²) in [5, 5.41) is 2.07. The summed E-state index contributed by atoms with van der Waals surface area (Å²) in [5.74, 6) is 0.0613. The normalized spacial score (nSPS) is 10.7. The quantitative estimate of drug-likeness (QED) is 0.441. The zero-order valence-electron chi connectivity index (χ0n) is 13.1. The molecule has 0 aliphatic rings. The van der Waals surface area contributed by atoms with Gasteiger partial charge < -0.3 is 0 Å². The minimum atomic E-state index is 0.0613. The highest BCUT2D eigenvalue weighted by atomic mass is 16.1. The predicted octanol–water partition coefficient (Wildman–Crippen LogP) is 5.74. The molecule has 4 aromatic rings. The first kappa shape index (κ1) is 14.4. The Hall–Kier alpha value is -3.19. The number of fused-ring (bicyclic) bond motifs is 1. The average molecular weight is 308 g/mol. The van der Waals surface area contributed by atoms with Gasteiger partial charge in [0.05, 0.1) is 0 Å². The largest absolute Gasteiger partial charge is 0.289 e. The lowest BCUT2D eigenvalue weighted by molar-refractivity contribution is 0.104. The van der Waals surface area contributed by atoms with Gasteiger partial charge in [-0.25, -0.2) is 0 Å². The van der Waals surface area contributed by atoms with Crippen LogP contribution in [0.2, 0.25) is 0 Å². The maximum absolute atomic E-state index is 13.3. The monoisotopic (exact) mass is 308 g/mol. The molecule has 0 atom stereocenters. The molecule has 1 heteroatoms. The minimum Gasteiger partial charge on any atom is -0.289 e. The van der Waals surface area contributed by atoms with Crippen LogP contribution in [-0.4, -0.2) is 5.78 Å². The van der Waals surface area contributed by atoms with Crippen molar-refractivity contribution in [1.29, 1.82) is 0 Å². The van der Waals surface area contributed by atoms with Gasteiger partial charge in [-0.3, -0.25) is 4.79 Å². The maximum atomic E-state index is 13.3.